The van der Waals surface area contributed by atoms with E-state index in [1.807, 2.05) is 35.7 Å². The zero-order chi connectivity index (χ0) is 15.8. The van der Waals surface area contributed by atoms with E-state index in [-0.39, 0.29) is 5.78 Å². The molecule has 4 aromatic rings. The third kappa shape index (κ3) is 2.35. The van der Waals surface area contributed by atoms with Crippen molar-refractivity contribution in [2.24, 2.45) is 0 Å². The minimum absolute atomic E-state index is 0.0384. The van der Waals surface area contributed by atoms with Crippen LogP contribution in [0.5, 0.6) is 0 Å². The molecular formula is C18H13N3OS. The van der Waals surface area contributed by atoms with Crippen molar-refractivity contribution in [1.29, 1.82) is 0 Å². The highest BCUT2D eigenvalue weighted by Gasteiger charge is 2.18. The van der Waals surface area contributed by atoms with E-state index in [0.717, 1.165) is 11.3 Å². The molecule has 0 spiro atoms. The smallest absolute Gasteiger partial charge is 0.208 e. The first kappa shape index (κ1) is 13.8. The molecule has 112 valence electrons. The summed E-state index contributed by atoms with van der Waals surface area (Å²) in [4.78, 5) is 17.6. The standard InChI is InChI=1S/C18H13N3OS/c1-12-4-6-13(7-5-12)15-8-9-19-18-14(11-20-21(15)18)17(22)16-3-2-10-23-16/h2-11H,1H3. The number of benzene rings is 1. The molecule has 4 nitrogen and oxygen atoms in total. The van der Waals surface area contributed by atoms with E-state index in [2.05, 4.69) is 29.1 Å². The number of carbonyl (C=O) groups excluding carboxylic acids is 1. The van der Waals surface area contributed by atoms with E-state index in [4.69, 9.17) is 0 Å². The van der Waals surface area contributed by atoms with E-state index < -0.39 is 0 Å². The fraction of sp³-hybridized carbons (Fsp3) is 0.0556. The number of carbonyl (C=O) groups is 1. The van der Waals surface area contributed by atoms with Crippen molar-refractivity contribution in [3.05, 3.63) is 76.2 Å². The van der Waals surface area contributed by atoms with Gasteiger partial charge in [-0.15, -0.1) is 11.3 Å². The molecule has 4 rings (SSSR count). The fourth-order valence-corrected chi connectivity index (χ4v) is 3.21. The van der Waals surface area contributed by atoms with E-state index in [9.17, 15) is 4.79 Å². The largest absolute Gasteiger partial charge is 0.287 e. The van der Waals surface area contributed by atoms with E-state index in [1.165, 1.54) is 16.9 Å². The molecule has 0 bridgehead atoms. The average Bonchev–Trinajstić information content (AvgIpc) is 3.24. The van der Waals surface area contributed by atoms with Gasteiger partial charge in [0.05, 0.1) is 22.3 Å². The number of hydrogen-bond acceptors (Lipinski definition) is 4. The Hall–Kier alpha value is -2.79. The molecule has 0 aliphatic carbocycles. The number of fused-ring (bicyclic) bond motifs is 1. The van der Waals surface area contributed by atoms with Crippen LogP contribution < -0.4 is 0 Å². The SMILES string of the molecule is Cc1ccc(-c2ccnc3c(C(=O)c4cccs4)cnn23)cc1. The second kappa shape index (κ2) is 5.44. The number of nitrogens with zero attached hydrogens (tertiary/aromatic N) is 3. The Balaban J connectivity index is 1.87. The Morgan fingerprint density at radius 2 is 1.96 bits per heavy atom. The third-order valence-electron chi connectivity index (χ3n) is 3.74. The molecule has 1 aromatic carbocycles. The predicted octanol–water partition coefficient (Wildman–Crippen LogP) is 4.00. The Kier molecular flexibility index (Phi) is 3.28. The van der Waals surface area contributed by atoms with Crippen LogP contribution in [0.4, 0.5) is 0 Å². The molecule has 0 amide bonds. The van der Waals surface area contributed by atoms with Crippen molar-refractivity contribution in [1.82, 2.24) is 14.6 Å². The lowest BCUT2D eigenvalue weighted by Crippen LogP contribution is -2.01. The van der Waals surface area contributed by atoms with Crippen molar-refractivity contribution in [2.75, 3.05) is 0 Å². The quantitative estimate of drug-likeness (QED) is 0.536. The van der Waals surface area contributed by atoms with Crippen molar-refractivity contribution in [3.63, 3.8) is 0 Å². The fourth-order valence-electron chi connectivity index (χ4n) is 2.54. The van der Waals surface area contributed by atoms with Gasteiger partial charge in [0.25, 0.3) is 0 Å². The number of aromatic nitrogens is 3. The minimum Gasteiger partial charge on any atom is -0.287 e. The maximum Gasteiger partial charge on any atom is 0.208 e. The van der Waals surface area contributed by atoms with Crippen molar-refractivity contribution in [3.8, 4) is 11.3 Å². The Morgan fingerprint density at radius 1 is 1.13 bits per heavy atom. The number of hydrogen-bond donors (Lipinski definition) is 0. The normalized spacial score (nSPS) is 11.0. The van der Waals surface area contributed by atoms with E-state index in [0.29, 0.717) is 16.1 Å². The summed E-state index contributed by atoms with van der Waals surface area (Å²) in [6, 6.07) is 13.8. The molecule has 0 saturated heterocycles. The van der Waals surface area contributed by atoms with Gasteiger partial charge in [-0.25, -0.2) is 9.50 Å². The average molecular weight is 319 g/mol. The van der Waals surface area contributed by atoms with Gasteiger partial charge in [0, 0.05) is 11.8 Å². The van der Waals surface area contributed by atoms with E-state index in [1.54, 1.807) is 16.9 Å². The topological polar surface area (TPSA) is 47.3 Å². The number of aryl methyl sites for hydroxylation is 1. The summed E-state index contributed by atoms with van der Waals surface area (Å²) in [7, 11) is 0. The molecule has 0 N–H and O–H groups in total. The molecule has 23 heavy (non-hydrogen) atoms. The van der Waals surface area contributed by atoms with Crippen molar-refractivity contribution < 1.29 is 4.79 Å². The van der Waals surface area contributed by atoms with Crippen LogP contribution in [0.25, 0.3) is 16.9 Å². The zero-order valence-electron chi connectivity index (χ0n) is 12.4. The second-order valence-electron chi connectivity index (χ2n) is 5.30. The lowest BCUT2D eigenvalue weighted by atomic mass is 10.1. The lowest BCUT2D eigenvalue weighted by Gasteiger charge is -2.05. The van der Waals surface area contributed by atoms with Crippen molar-refractivity contribution in [2.45, 2.75) is 6.92 Å². The van der Waals surface area contributed by atoms with Crippen LogP contribution >= 0.6 is 11.3 Å². The summed E-state index contributed by atoms with van der Waals surface area (Å²) in [5, 5.41) is 6.28. The van der Waals surface area contributed by atoms with E-state index >= 15 is 0 Å². The Labute approximate surface area is 137 Å². The van der Waals surface area contributed by atoms with Crippen LogP contribution in [-0.4, -0.2) is 20.4 Å². The van der Waals surface area contributed by atoms with Gasteiger partial charge in [-0.3, -0.25) is 4.79 Å². The zero-order valence-corrected chi connectivity index (χ0v) is 13.2. The van der Waals surface area contributed by atoms with Crippen LogP contribution in [0.15, 0.2) is 60.2 Å². The molecule has 0 radical (unpaired) electrons. The van der Waals surface area contributed by atoms with Gasteiger partial charge in [0.15, 0.2) is 5.65 Å². The first-order valence-electron chi connectivity index (χ1n) is 7.22. The van der Waals surface area contributed by atoms with Crippen LogP contribution in [0, 0.1) is 6.92 Å². The summed E-state index contributed by atoms with van der Waals surface area (Å²) in [5.74, 6) is -0.0384. The monoisotopic (exact) mass is 319 g/mol. The Bertz CT molecular complexity index is 985. The maximum absolute atomic E-state index is 12.6. The molecular weight excluding hydrogens is 306 g/mol. The number of rotatable bonds is 3. The molecule has 0 aliphatic rings. The second-order valence-corrected chi connectivity index (χ2v) is 6.24. The summed E-state index contributed by atoms with van der Waals surface area (Å²) in [5.41, 5.74) is 4.28. The van der Waals surface area contributed by atoms with Gasteiger partial charge >= 0.3 is 0 Å². The van der Waals surface area contributed by atoms with Gasteiger partial charge in [0.1, 0.15) is 0 Å². The molecule has 0 aliphatic heterocycles. The Morgan fingerprint density at radius 3 is 2.70 bits per heavy atom. The molecule has 0 unspecified atom stereocenters. The first-order valence-corrected chi connectivity index (χ1v) is 8.10. The van der Waals surface area contributed by atoms with Gasteiger partial charge in [-0.05, 0) is 24.4 Å². The summed E-state index contributed by atoms with van der Waals surface area (Å²) in [6.45, 7) is 2.05. The lowest BCUT2D eigenvalue weighted by molar-refractivity contribution is 0.104. The molecule has 0 fully saturated rings. The third-order valence-corrected chi connectivity index (χ3v) is 4.61. The predicted molar refractivity (Wildman–Crippen MR) is 90.9 cm³/mol. The molecule has 5 heteroatoms. The maximum atomic E-state index is 12.6. The highest BCUT2D eigenvalue weighted by molar-refractivity contribution is 7.12. The first-order chi connectivity index (χ1) is 11.2. The van der Waals surface area contributed by atoms with Crippen LogP contribution in [0.3, 0.4) is 0 Å². The van der Waals surface area contributed by atoms with Crippen LogP contribution in [-0.2, 0) is 0 Å². The highest BCUT2D eigenvalue weighted by atomic mass is 32.1. The van der Waals surface area contributed by atoms with Gasteiger partial charge in [-0.2, -0.15) is 5.10 Å². The summed E-state index contributed by atoms with van der Waals surface area (Å²) < 4.78 is 1.73. The summed E-state index contributed by atoms with van der Waals surface area (Å²) >= 11 is 1.43. The molecule has 0 atom stereocenters. The van der Waals surface area contributed by atoms with Crippen LogP contribution in [0.1, 0.15) is 20.8 Å². The minimum atomic E-state index is -0.0384. The van der Waals surface area contributed by atoms with Crippen molar-refractivity contribution >= 4 is 22.8 Å². The number of ketones is 1. The van der Waals surface area contributed by atoms with Gasteiger partial charge in [-0.1, -0.05) is 35.9 Å². The van der Waals surface area contributed by atoms with Crippen LogP contribution in [0.2, 0.25) is 0 Å². The summed E-state index contributed by atoms with van der Waals surface area (Å²) in [6.07, 6.45) is 3.32. The number of thiophene rings is 1. The van der Waals surface area contributed by atoms with Gasteiger partial charge in [0.2, 0.25) is 5.78 Å². The molecule has 0 saturated carbocycles. The highest BCUT2D eigenvalue weighted by Crippen LogP contribution is 2.23. The molecule has 3 heterocycles. The van der Waals surface area contributed by atoms with Gasteiger partial charge < -0.3 is 0 Å². The molecule has 3 aromatic heterocycles.